The van der Waals surface area contributed by atoms with Crippen LogP contribution in [0.3, 0.4) is 0 Å². The number of aromatic nitrogens is 5. The van der Waals surface area contributed by atoms with E-state index in [9.17, 15) is 13.6 Å². The van der Waals surface area contributed by atoms with E-state index < -0.39 is 12.3 Å². The highest BCUT2D eigenvalue weighted by atomic mass is 19.3. The van der Waals surface area contributed by atoms with Crippen molar-refractivity contribution in [2.24, 2.45) is 0 Å². The van der Waals surface area contributed by atoms with Crippen LogP contribution in [0.2, 0.25) is 0 Å². The molecule has 1 aromatic carbocycles. The van der Waals surface area contributed by atoms with E-state index in [4.69, 9.17) is 4.74 Å². The van der Waals surface area contributed by atoms with E-state index >= 15 is 0 Å². The lowest BCUT2D eigenvalue weighted by atomic mass is 10.2. The number of rotatable bonds is 7. The van der Waals surface area contributed by atoms with Crippen LogP contribution in [0.25, 0.3) is 5.65 Å². The fraction of sp³-hybridized carbons (Fsp3) is 0.273. The lowest BCUT2D eigenvalue weighted by molar-refractivity contribution is 0.102. The number of nitrogens with zero attached hydrogens (tertiary/aromatic N) is 5. The summed E-state index contributed by atoms with van der Waals surface area (Å²) in [7, 11) is 1.60. The molecular weight excluding hydrogens is 418 g/mol. The molecule has 1 amide bonds. The molecule has 3 heterocycles. The number of hydrogen-bond acceptors (Lipinski definition) is 5. The van der Waals surface area contributed by atoms with Gasteiger partial charge in [0, 0.05) is 23.9 Å². The van der Waals surface area contributed by atoms with Crippen LogP contribution < -0.4 is 10.1 Å². The molecule has 5 rings (SSSR count). The number of carbonyl (C=O) groups is 1. The van der Waals surface area contributed by atoms with Crippen molar-refractivity contribution < 1.29 is 18.3 Å². The Morgan fingerprint density at radius 1 is 1.28 bits per heavy atom. The molecule has 0 unspecified atom stereocenters. The number of benzene rings is 1. The predicted molar refractivity (Wildman–Crippen MR) is 112 cm³/mol. The predicted octanol–water partition coefficient (Wildman–Crippen LogP) is 4.05. The van der Waals surface area contributed by atoms with Gasteiger partial charge in [-0.2, -0.15) is 10.2 Å². The van der Waals surface area contributed by atoms with Gasteiger partial charge in [-0.05, 0) is 36.6 Å². The lowest BCUT2D eigenvalue weighted by Gasteiger charge is -2.06. The van der Waals surface area contributed by atoms with Crippen LogP contribution in [0.1, 0.15) is 52.6 Å². The maximum Gasteiger partial charge on any atom is 0.280 e. The van der Waals surface area contributed by atoms with Crippen LogP contribution in [-0.4, -0.2) is 37.4 Å². The first-order valence-electron chi connectivity index (χ1n) is 10.2. The molecule has 1 saturated carbocycles. The van der Waals surface area contributed by atoms with Gasteiger partial charge >= 0.3 is 0 Å². The number of halogens is 2. The molecule has 0 aliphatic heterocycles. The number of carbonyl (C=O) groups excluding carboxylic acids is 1. The van der Waals surface area contributed by atoms with Gasteiger partial charge in [0.15, 0.2) is 11.3 Å². The minimum Gasteiger partial charge on any atom is -0.497 e. The van der Waals surface area contributed by atoms with Gasteiger partial charge in [-0.3, -0.25) is 9.48 Å². The summed E-state index contributed by atoms with van der Waals surface area (Å²) in [6.07, 6.45) is 2.35. The molecule has 4 aromatic rings. The summed E-state index contributed by atoms with van der Waals surface area (Å²) in [5.41, 5.74) is 2.07. The Morgan fingerprint density at radius 3 is 2.88 bits per heavy atom. The molecule has 0 atom stereocenters. The standard InChI is InChI=1S/C22H20F2N6O2/c1-32-16-4-2-3-13(7-16)11-29-12-15(10-25-29)26-22(31)18-9-20-27-17(14-5-6-14)8-19(21(23)24)30(20)28-18/h2-4,7-10,12,14,21H,5-6,11H2,1H3,(H,26,31). The van der Waals surface area contributed by atoms with Gasteiger partial charge in [-0.1, -0.05) is 12.1 Å². The quantitative estimate of drug-likeness (QED) is 0.471. The van der Waals surface area contributed by atoms with Gasteiger partial charge in [0.1, 0.15) is 11.4 Å². The number of hydrogen-bond donors (Lipinski definition) is 1. The minimum absolute atomic E-state index is 0.00731. The fourth-order valence-corrected chi connectivity index (χ4v) is 3.54. The zero-order chi connectivity index (χ0) is 22.2. The summed E-state index contributed by atoms with van der Waals surface area (Å²) in [6.45, 7) is 0.493. The van der Waals surface area contributed by atoms with Crippen LogP contribution in [0.5, 0.6) is 5.75 Å². The Balaban J connectivity index is 1.34. The van der Waals surface area contributed by atoms with E-state index in [0.717, 1.165) is 28.7 Å². The molecule has 0 saturated heterocycles. The highest BCUT2D eigenvalue weighted by molar-refractivity contribution is 6.03. The molecule has 0 spiro atoms. The topological polar surface area (TPSA) is 86.3 Å². The number of amides is 1. The van der Waals surface area contributed by atoms with Crippen LogP contribution in [-0.2, 0) is 6.54 Å². The van der Waals surface area contributed by atoms with Gasteiger partial charge < -0.3 is 10.1 Å². The highest BCUT2D eigenvalue weighted by Crippen LogP contribution is 2.40. The van der Waals surface area contributed by atoms with Gasteiger partial charge in [-0.25, -0.2) is 18.3 Å². The van der Waals surface area contributed by atoms with Crippen molar-refractivity contribution in [1.82, 2.24) is 24.4 Å². The first-order chi connectivity index (χ1) is 15.5. The molecule has 8 nitrogen and oxygen atoms in total. The highest BCUT2D eigenvalue weighted by Gasteiger charge is 2.28. The summed E-state index contributed by atoms with van der Waals surface area (Å²) < 4.78 is 35.0. The average molecular weight is 438 g/mol. The Labute approximate surface area is 181 Å². The summed E-state index contributed by atoms with van der Waals surface area (Å²) in [4.78, 5) is 17.1. The molecule has 1 fully saturated rings. The molecular formula is C22H20F2N6O2. The number of ether oxygens (including phenoxy) is 1. The third-order valence-electron chi connectivity index (χ3n) is 5.30. The SMILES string of the molecule is COc1cccc(Cn2cc(NC(=O)c3cc4nc(C5CC5)cc(C(F)F)n4n3)cn2)c1. The normalized spacial score (nSPS) is 13.6. The van der Waals surface area contributed by atoms with Crippen LogP contribution in [0.4, 0.5) is 14.5 Å². The largest absolute Gasteiger partial charge is 0.497 e. The molecule has 3 aromatic heterocycles. The number of anilines is 1. The van der Waals surface area contributed by atoms with Gasteiger partial charge in [0.05, 0.1) is 25.5 Å². The van der Waals surface area contributed by atoms with Crippen molar-refractivity contribution in [3.8, 4) is 5.75 Å². The van der Waals surface area contributed by atoms with Crippen LogP contribution >= 0.6 is 0 Å². The lowest BCUT2D eigenvalue weighted by Crippen LogP contribution is -2.12. The maximum absolute atomic E-state index is 13.5. The third kappa shape index (κ3) is 4.03. The second-order valence-electron chi connectivity index (χ2n) is 7.71. The van der Waals surface area contributed by atoms with E-state index in [1.807, 2.05) is 24.3 Å². The number of methoxy groups -OCH3 is 1. The maximum atomic E-state index is 13.5. The van der Waals surface area contributed by atoms with E-state index in [1.165, 1.54) is 18.3 Å². The summed E-state index contributed by atoms with van der Waals surface area (Å²) >= 11 is 0. The first kappa shape index (κ1) is 20.1. The fourth-order valence-electron chi connectivity index (χ4n) is 3.54. The van der Waals surface area contributed by atoms with E-state index in [0.29, 0.717) is 17.9 Å². The summed E-state index contributed by atoms with van der Waals surface area (Å²) in [6, 6.07) is 10.4. The zero-order valence-corrected chi connectivity index (χ0v) is 17.2. The molecule has 10 heteroatoms. The van der Waals surface area contributed by atoms with Crippen LogP contribution in [0.15, 0.2) is 48.8 Å². The zero-order valence-electron chi connectivity index (χ0n) is 17.2. The van der Waals surface area contributed by atoms with Crippen molar-refractivity contribution in [2.75, 3.05) is 12.4 Å². The summed E-state index contributed by atoms with van der Waals surface area (Å²) in [5, 5.41) is 11.0. The van der Waals surface area contributed by atoms with Crippen molar-refractivity contribution in [3.05, 3.63) is 71.4 Å². The molecule has 164 valence electrons. The third-order valence-corrected chi connectivity index (χ3v) is 5.30. The molecule has 0 radical (unpaired) electrons. The Bertz CT molecular complexity index is 1290. The number of alkyl halides is 2. The second-order valence-corrected chi connectivity index (χ2v) is 7.71. The Kier molecular flexibility index (Phi) is 5.04. The van der Waals surface area contributed by atoms with Crippen LogP contribution in [0, 0.1) is 0 Å². The second kappa shape index (κ2) is 8.03. The van der Waals surface area contributed by atoms with Crippen molar-refractivity contribution in [2.45, 2.75) is 31.7 Å². The minimum atomic E-state index is -2.72. The van der Waals surface area contributed by atoms with Gasteiger partial charge in [0.25, 0.3) is 12.3 Å². The van der Waals surface area contributed by atoms with Crippen molar-refractivity contribution >= 4 is 17.2 Å². The smallest absolute Gasteiger partial charge is 0.280 e. The number of fused-ring (bicyclic) bond motifs is 1. The van der Waals surface area contributed by atoms with E-state index in [1.54, 1.807) is 18.0 Å². The average Bonchev–Trinajstić information content (AvgIpc) is 3.40. The molecule has 1 aliphatic rings. The number of nitrogens with one attached hydrogen (secondary N) is 1. The van der Waals surface area contributed by atoms with Crippen molar-refractivity contribution in [1.29, 1.82) is 0 Å². The summed E-state index contributed by atoms with van der Waals surface area (Å²) in [5.74, 6) is 0.432. The van der Waals surface area contributed by atoms with Gasteiger partial charge in [0.2, 0.25) is 0 Å². The molecule has 1 N–H and O–H groups in total. The van der Waals surface area contributed by atoms with E-state index in [-0.39, 0.29) is 23.0 Å². The Morgan fingerprint density at radius 2 is 2.12 bits per heavy atom. The molecule has 1 aliphatic carbocycles. The first-order valence-corrected chi connectivity index (χ1v) is 10.2. The molecule has 0 bridgehead atoms. The van der Waals surface area contributed by atoms with Gasteiger partial charge in [-0.15, -0.1) is 0 Å². The molecule has 32 heavy (non-hydrogen) atoms. The van der Waals surface area contributed by atoms with Crippen molar-refractivity contribution in [3.63, 3.8) is 0 Å². The Hall–Kier alpha value is -3.82. The van der Waals surface area contributed by atoms with E-state index in [2.05, 4.69) is 20.5 Å². The monoisotopic (exact) mass is 438 g/mol.